The van der Waals surface area contributed by atoms with Crippen molar-refractivity contribution in [2.75, 3.05) is 18.6 Å². The zero-order chi connectivity index (χ0) is 18.1. The summed E-state index contributed by atoms with van der Waals surface area (Å²) in [4.78, 5) is 4.55. The minimum Gasteiger partial charge on any atom is -0.356 e. The average molecular weight is 364 g/mol. The topological polar surface area (TPSA) is 67.1 Å². The Labute approximate surface area is 152 Å². The van der Waals surface area contributed by atoms with Crippen molar-refractivity contribution in [1.29, 1.82) is 0 Å². The number of halogens is 1. The lowest BCUT2D eigenvalue weighted by Crippen LogP contribution is -2.38. The van der Waals surface area contributed by atoms with E-state index in [0.717, 1.165) is 35.9 Å². The minimum atomic E-state index is -0.246. The second-order valence-electron chi connectivity index (χ2n) is 5.64. The van der Waals surface area contributed by atoms with Gasteiger partial charge in [-0.15, -0.1) is 10.2 Å². The van der Waals surface area contributed by atoms with Crippen molar-refractivity contribution in [3.63, 3.8) is 0 Å². The van der Waals surface area contributed by atoms with Crippen LogP contribution in [0.1, 0.15) is 23.6 Å². The van der Waals surface area contributed by atoms with E-state index in [1.165, 1.54) is 12.1 Å². The lowest BCUT2D eigenvalue weighted by Gasteiger charge is -2.12. The summed E-state index contributed by atoms with van der Waals surface area (Å²) < 4.78 is 15.2. The van der Waals surface area contributed by atoms with Gasteiger partial charge in [0.05, 0.1) is 13.1 Å². The maximum absolute atomic E-state index is 13.3. The molecule has 0 bridgehead atoms. The number of aliphatic imine (C=N–C) groups is 1. The van der Waals surface area contributed by atoms with Crippen molar-refractivity contribution in [3.8, 4) is 0 Å². The Bertz CT molecular complexity index is 700. The van der Waals surface area contributed by atoms with Gasteiger partial charge in [-0.25, -0.2) is 9.38 Å². The van der Waals surface area contributed by atoms with Crippen LogP contribution in [0.15, 0.2) is 29.3 Å². The maximum atomic E-state index is 13.3. The molecule has 6 nitrogen and oxygen atoms in total. The van der Waals surface area contributed by atoms with Crippen LogP contribution in [0.2, 0.25) is 0 Å². The average Bonchev–Trinajstić information content (AvgIpc) is 2.92. The lowest BCUT2D eigenvalue weighted by atomic mass is 10.2. The van der Waals surface area contributed by atoms with E-state index in [1.54, 1.807) is 6.07 Å². The molecule has 25 heavy (non-hydrogen) atoms. The number of thioether (sulfide) groups is 1. The molecule has 0 aliphatic heterocycles. The summed E-state index contributed by atoms with van der Waals surface area (Å²) in [6.45, 7) is 3.67. The van der Waals surface area contributed by atoms with Gasteiger partial charge in [-0.05, 0) is 43.0 Å². The van der Waals surface area contributed by atoms with Crippen molar-refractivity contribution >= 4 is 17.7 Å². The van der Waals surface area contributed by atoms with Crippen LogP contribution < -0.4 is 10.6 Å². The molecule has 0 aliphatic rings. The van der Waals surface area contributed by atoms with Crippen LogP contribution in [-0.2, 0) is 20.1 Å². The predicted octanol–water partition coefficient (Wildman–Crippen LogP) is 2.25. The van der Waals surface area contributed by atoms with Gasteiger partial charge in [0.2, 0.25) is 0 Å². The molecule has 0 amide bonds. The summed E-state index contributed by atoms with van der Waals surface area (Å²) >= 11 is 1.82. The molecule has 0 saturated carbocycles. The van der Waals surface area contributed by atoms with Crippen LogP contribution in [-0.4, -0.2) is 39.3 Å². The molecule has 2 rings (SSSR count). The first-order chi connectivity index (χ1) is 12.1. The Kier molecular flexibility index (Phi) is 7.72. The Morgan fingerprint density at radius 3 is 2.84 bits per heavy atom. The SMILES string of the molecule is CSCCCNC(=NCc1cccc(F)c1)NCc1nnc(C)n1C. The van der Waals surface area contributed by atoms with E-state index >= 15 is 0 Å². The van der Waals surface area contributed by atoms with Gasteiger partial charge in [-0.3, -0.25) is 0 Å². The van der Waals surface area contributed by atoms with Gasteiger partial charge in [0.1, 0.15) is 11.6 Å². The fourth-order valence-corrected chi connectivity index (χ4v) is 2.60. The third-order valence-corrected chi connectivity index (χ3v) is 4.42. The molecule has 136 valence electrons. The van der Waals surface area contributed by atoms with Crippen molar-refractivity contribution < 1.29 is 4.39 Å². The molecule has 0 fully saturated rings. The number of hydrogen-bond acceptors (Lipinski definition) is 4. The molecule has 1 aromatic heterocycles. The summed E-state index contributed by atoms with van der Waals surface area (Å²) in [5.74, 6) is 3.23. The molecular formula is C17H25FN6S. The van der Waals surface area contributed by atoms with Crippen molar-refractivity contribution in [3.05, 3.63) is 47.3 Å². The number of benzene rings is 1. The van der Waals surface area contributed by atoms with E-state index in [1.807, 2.05) is 36.4 Å². The second kappa shape index (κ2) is 10.0. The highest BCUT2D eigenvalue weighted by Crippen LogP contribution is 2.05. The highest BCUT2D eigenvalue weighted by molar-refractivity contribution is 7.98. The third-order valence-electron chi connectivity index (χ3n) is 3.72. The molecule has 0 aliphatic carbocycles. The fourth-order valence-electron chi connectivity index (χ4n) is 2.17. The van der Waals surface area contributed by atoms with E-state index in [9.17, 15) is 4.39 Å². The number of rotatable bonds is 8. The first-order valence-electron chi connectivity index (χ1n) is 8.20. The van der Waals surface area contributed by atoms with E-state index in [2.05, 4.69) is 32.1 Å². The highest BCUT2D eigenvalue weighted by Gasteiger charge is 2.06. The van der Waals surface area contributed by atoms with Gasteiger partial charge in [-0.1, -0.05) is 12.1 Å². The molecule has 0 saturated heterocycles. The summed E-state index contributed by atoms with van der Waals surface area (Å²) in [6, 6.07) is 6.50. The van der Waals surface area contributed by atoms with Crippen LogP contribution >= 0.6 is 11.8 Å². The molecule has 0 atom stereocenters. The molecular weight excluding hydrogens is 339 g/mol. The summed E-state index contributed by atoms with van der Waals surface area (Å²) in [6.07, 6.45) is 3.14. The number of nitrogens with zero attached hydrogens (tertiary/aromatic N) is 4. The highest BCUT2D eigenvalue weighted by atomic mass is 32.2. The van der Waals surface area contributed by atoms with E-state index < -0.39 is 0 Å². The Hall–Kier alpha value is -2.09. The minimum absolute atomic E-state index is 0.246. The molecule has 1 aromatic carbocycles. The normalized spacial score (nSPS) is 11.6. The largest absolute Gasteiger partial charge is 0.356 e. The first-order valence-corrected chi connectivity index (χ1v) is 9.60. The van der Waals surface area contributed by atoms with Gasteiger partial charge < -0.3 is 15.2 Å². The van der Waals surface area contributed by atoms with Gasteiger partial charge in [-0.2, -0.15) is 11.8 Å². The smallest absolute Gasteiger partial charge is 0.191 e. The predicted molar refractivity (Wildman–Crippen MR) is 101 cm³/mol. The molecule has 0 radical (unpaired) electrons. The van der Waals surface area contributed by atoms with E-state index in [4.69, 9.17) is 0 Å². The number of aryl methyl sites for hydroxylation is 1. The molecule has 1 heterocycles. The van der Waals surface area contributed by atoms with E-state index in [0.29, 0.717) is 19.0 Å². The zero-order valence-corrected chi connectivity index (χ0v) is 15.7. The van der Waals surface area contributed by atoms with Crippen LogP contribution in [0.5, 0.6) is 0 Å². The van der Waals surface area contributed by atoms with Crippen molar-refractivity contribution in [2.24, 2.45) is 12.0 Å². The fraction of sp³-hybridized carbons (Fsp3) is 0.471. The van der Waals surface area contributed by atoms with Crippen LogP contribution in [0.4, 0.5) is 4.39 Å². The molecule has 8 heteroatoms. The Morgan fingerprint density at radius 2 is 2.16 bits per heavy atom. The lowest BCUT2D eigenvalue weighted by molar-refractivity contribution is 0.625. The van der Waals surface area contributed by atoms with Gasteiger partial charge in [0.15, 0.2) is 11.8 Å². The van der Waals surface area contributed by atoms with Gasteiger partial charge in [0.25, 0.3) is 0 Å². The van der Waals surface area contributed by atoms with E-state index in [-0.39, 0.29) is 5.82 Å². The van der Waals surface area contributed by atoms with Crippen molar-refractivity contribution in [1.82, 2.24) is 25.4 Å². The summed E-state index contributed by atoms with van der Waals surface area (Å²) in [5.41, 5.74) is 0.833. The second-order valence-corrected chi connectivity index (χ2v) is 6.63. The third kappa shape index (κ3) is 6.38. The van der Waals surface area contributed by atoms with Gasteiger partial charge in [0, 0.05) is 13.6 Å². The quantitative estimate of drug-likeness (QED) is 0.427. The van der Waals surface area contributed by atoms with Crippen molar-refractivity contribution in [2.45, 2.75) is 26.4 Å². The molecule has 0 spiro atoms. The molecule has 2 N–H and O–H groups in total. The zero-order valence-electron chi connectivity index (χ0n) is 14.9. The molecule has 2 aromatic rings. The number of nitrogens with one attached hydrogen (secondary N) is 2. The monoisotopic (exact) mass is 364 g/mol. The van der Waals surface area contributed by atoms with Crippen LogP contribution in [0.3, 0.4) is 0 Å². The Balaban J connectivity index is 1.98. The standard InChI is InChI=1S/C17H25FN6S/c1-13-22-23-16(24(13)2)12-21-17(19-8-5-9-25-3)20-11-14-6-4-7-15(18)10-14/h4,6-7,10H,5,8-9,11-12H2,1-3H3,(H2,19,20,21). The summed E-state index contributed by atoms with van der Waals surface area (Å²) in [7, 11) is 1.93. The first kappa shape index (κ1) is 19.2. The molecule has 0 unspecified atom stereocenters. The summed E-state index contributed by atoms with van der Waals surface area (Å²) in [5, 5.41) is 14.8. The number of guanidine groups is 1. The number of aromatic nitrogens is 3. The van der Waals surface area contributed by atoms with Crippen LogP contribution in [0.25, 0.3) is 0 Å². The maximum Gasteiger partial charge on any atom is 0.191 e. The van der Waals surface area contributed by atoms with Gasteiger partial charge >= 0.3 is 0 Å². The van der Waals surface area contributed by atoms with Crippen LogP contribution in [0, 0.1) is 12.7 Å². The Morgan fingerprint density at radius 1 is 1.32 bits per heavy atom. The number of hydrogen-bond donors (Lipinski definition) is 2.